The lowest BCUT2D eigenvalue weighted by Crippen LogP contribution is -2.12. The lowest BCUT2D eigenvalue weighted by Gasteiger charge is -2.20. The molecule has 3 nitrogen and oxygen atoms in total. The molecular formula is C24H35NO2. The molecule has 0 unspecified atom stereocenters. The van der Waals surface area contributed by atoms with Crippen molar-refractivity contribution in [2.24, 2.45) is 0 Å². The molecular weight excluding hydrogens is 334 g/mol. The zero-order valence-corrected chi connectivity index (χ0v) is 18.7. The van der Waals surface area contributed by atoms with E-state index in [1.807, 2.05) is 12.1 Å². The van der Waals surface area contributed by atoms with Gasteiger partial charge >= 0.3 is 0 Å². The molecule has 0 heterocycles. The Kier molecular flexibility index (Phi) is 6.99. The van der Waals surface area contributed by atoms with Crippen molar-refractivity contribution in [3.8, 4) is 0 Å². The van der Waals surface area contributed by atoms with Gasteiger partial charge in [-0.1, -0.05) is 70.9 Å². The SMILES string of the molecule is Cc1cc(C(C)(C)C)cc(C)c1[N+](=O)[O-].Cc1cc(C)cc(C(C)(C)C)c1. The smallest absolute Gasteiger partial charge is 0.258 e. The molecule has 0 aromatic heterocycles. The summed E-state index contributed by atoms with van der Waals surface area (Å²) in [7, 11) is 0. The first kappa shape index (κ1) is 22.9. The van der Waals surface area contributed by atoms with Crippen LogP contribution >= 0.6 is 0 Å². The van der Waals surface area contributed by atoms with Gasteiger partial charge in [0, 0.05) is 11.1 Å². The van der Waals surface area contributed by atoms with Crippen LogP contribution in [0, 0.1) is 37.8 Å². The van der Waals surface area contributed by atoms with Crippen LogP contribution in [0.5, 0.6) is 0 Å². The lowest BCUT2D eigenvalue weighted by atomic mass is 9.85. The van der Waals surface area contributed by atoms with E-state index in [1.165, 1.54) is 16.7 Å². The Hall–Kier alpha value is -2.16. The summed E-state index contributed by atoms with van der Waals surface area (Å²) in [6, 6.07) is 10.6. The molecule has 2 rings (SSSR count). The molecule has 0 saturated carbocycles. The van der Waals surface area contributed by atoms with Crippen LogP contribution in [0.15, 0.2) is 30.3 Å². The zero-order valence-electron chi connectivity index (χ0n) is 18.7. The molecule has 0 atom stereocenters. The van der Waals surface area contributed by atoms with Crippen LogP contribution in [0.1, 0.15) is 74.9 Å². The van der Waals surface area contributed by atoms with E-state index in [9.17, 15) is 10.1 Å². The summed E-state index contributed by atoms with van der Waals surface area (Å²) in [5.41, 5.74) is 7.32. The van der Waals surface area contributed by atoms with E-state index in [-0.39, 0.29) is 21.4 Å². The molecule has 0 amide bonds. The Balaban J connectivity index is 0.000000277. The van der Waals surface area contributed by atoms with Crippen molar-refractivity contribution in [1.82, 2.24) is 0 Å². The van der Waals surface area contributed by atoms with Crippen molar-refractivity contribution in [3.05, 3.63) is 73.8 Å². The van der Waals surface area contributed by atoms with Gasteiger partial charge < -0.3 is 0 Å². The molecule has 0 radical (unpaired) electrons. The first-order chi connectivity index (χ1) is 12.1. The third-order valence-corrected chi connectivity index (χ3v) is 4.63. The summed E-state index contributed by atoms with van der Waals surface area (Å²) < 4.78 is 0. The topological polar surface area (TPSA) is 43.1 Å². The van der Waals surface area contributed by atoms with Gasteiger partial charge in [0.15, 0.2) is 0 Å². The highest BCUT2D eigenvalue weighted by molar-refractivity contribution is 5.50. The van der Waals surface area contributed by atoms with Crippen molar-refractivity contribution in [1.29, 1.82) is 0 Å². The molecule has 0 N–H and O–H groups in total. The third-order valence-electron chi connectivity index (χ3n) is 4.63. The predicted molar refractivity (Wildman–Crippen MR) is 116 cm³/mol. The summed E-state index contributed by atoms with van der Waals surface area (Å²) in [5.74, 6) is 0. The van der Waals surface area contributed by atoms with Crippen LogP contribution in [0.25, 0.3) is 0 Å². The van der Waals surface area contributed by atoms with E-state index in [1.54, 1.807) is 13.8 Å². The summed E-state index contributed by atoms with van der Waals surface area (Å²) in [6.45, 7) is 21.0. The fourth-order valence-electron chi connectivity index (χ4n) is 3.08. The van der Waals surface area contributed by atoms with Crippen LogP contribution in [-0.4, -0.2) is 4.92 Å². The molecule has 0 saturated heterocycles. The number of rotatable bonds is 1. The largest absolute Gasteiger partial charge is 0.275 e. The highest BCUT2D eigenvalue weighted by Gasteiger charge is 2.20. The summed E-state index contributed by atoms with van der Waals surface area (Å²) in [6.07, 6.45) is 0. The van der Waals surface area contributed by atoms with E-state index < -0.39 is 0 Å². The van der Waals surface area contributed by atoms with E-state index >= 15 is 0 Å². The second kappa shape index (κ2) is 8.24. The Morgan fingerprint density at radius 2 is 1.00 bits per heavy atom. The summed E-state index contributed by atoms with van der Waals surface area (Å²) in [4.78, 5) is 10.5. The number of nitro groups is 1. The summed E-state index contributed by atoms with van der Waals surface area (Å²) in [5, 5.41) is 10.8. The van der Waals surface area contributed by atoms with Crippen LogP contribution in [0.4, 0.5) is 5.69 Å². The minimum absolute atomic E-state index is 0.0324. The van der Waals surface area contributed by atoms with Gasteiger partial charge in [-0.3, -0.25) is 10.1 Å². The molecule has 148 valence electrons. The highest BCUT2D eigenvalue weighted by atomic mass is 16.6. The fraction of sp³-hybridized carbons (Fsp3) is 0.500. The molecule has 27 heavy (non-hydrogen) atoms. The Labute approximate surface area is 165 Å². The van der Waals surface area contributed by atoms with Gasteiger partial charge in [-0.2, -0.15) is 0 Å². The minimum Gasteiger partial charge on any atom is -0.258 e. The average molecular weight is 370 g/mol. The van der Waals surface area contributed by atoms with E-state index in [0.717, 1.165) is 16.7 Å². The predicted octanol–water partition coefficient (Wildman–Crippen LogP) is 7.11. The molecule has 2 aromatic carbocycles. The van der Waals surface area contributed by atoms with Gasteiger partial charge in [0.25, 0.3) is 5.69 Å². The number of hydrogen-bond donors (Lipinski definition) is 0. The quantitative estimate of drug-likeness (QED) is 0.397. The van der Waals surface area contributed by atoms with Crippen molar-refractivity contribution < 1.29 is 4.92 Å². The second-order valence-corrected chi connectivity index (χ2v) is 9.59. The van der Waals surface area contributed by atoms with E-state index in [2.05, 4.69) is 73.6 Å². The average Bonchev–Trinajstić information content (AvgIpc) is 2.43. The first-order valence-corrected chi connectivity index (χ1v) is 9.48. The Bertz CT molecular complexity index is 778. The highest BCUT2D eigenvalue weighted by Crippen LogP contribution is 2.30. The van der Waals surface area contributed by atoms with Crippen LogP contribution in [0.2, 0.25) is 0 Å². The van der Waals surface area contributed by atoms with Gasteiger partial charge in [0.1, 0.15) is 0 Å². The monoisotopic (exact) mass is 369 g/mol. The zero-order chi connectivity index (χ0) is 21.2. The van der Waals surface area contributed by atoms with Gasteiger partial charge in [0.05, 0.1) is 4.92 Å². The molecule has 0 aliphatic carbocycles. The summed E-state index contributed by atoms with van der Waals surface area (Å²) >= 11 is 0. The number of nitrogens with zero attached hydrogens (tertiary/aromatic N) is 1. The molecule has 0 fully saturated rings. The van der Waals surface area contributed by atoms with Crippen molar-refractivity contribution in [2.75, 3.05) is 0 Å². The maximum atomic E-state index is 10.8. The molecule has 3 heteroatoms. The lowest BCUT2D eigenvalue weighted by molar-refractivity contribution is -0.386. The first-order valence-electron chi connectivity index (χ1n) is 9.48. The normalized spacial score (nSPS) is 11.6. The standard InChI is InChI=1S/C12H17NO2.C12H18/c1-8-6-10(12(3,4)5)7-9(2)11(8)13(14)15;1-9-6-10(2)8-11(7-9)12(3,4)5/h6-7H,1-5H3;6-8H,1-5H3. The molecule has 0 aliphatic rings. The number of aryl methyl sites for hydroxylation is 4. The fourth-order valence-corrected chi connectivity index (χ4v) is 3.08. The molecule has 0 spiro atoms. The molecule has 0 bridgehead atoms. The third kappa shape index (κ3) is 6.50. The van der Waals surface area contributed by atoms with Crippen molar-refractivity contribution in [3.63, 3.8) is 0 Å². The van der Waals surface area contributed by atoms with Gasteiger partial charge in [-0.25, -0.2) is 0 Å². The van der Waals surface area contributed by atoms with Crippen LogP contribution in [0.3, 0.4) is 0 Å². The maximum Gasteiger partial charge on any atom is 0.275 e. The van der Waals surface area contributed by atoms with Crippen LogP contribution < -0.4 is 0 Å². The second-order valence-electron chi connectivity index (χ2n) is 9.59. The molecule has 0 aliphatic heterocycles. The number of benzene rings is 2. The Morgan fingerprint density at radius 3 is 1.30 bits per heavy atom. The van der Waals surface area contributed by atoms with Crippen molar-refractivity contribution in [2.45, 2.75) is 80.1 Å². The van der Waals surface area contributed by atoms with Gasteiger partial charge in [-0.15, -0.1) is 0 Å². The maximum absolute atomic E-state index is 10.8. The van der Waals surface area contributed by atoms with Gasteiger partial charge in [-0.05, 0) is 61.8 Å². The van der Waals surface area contributed by atoms with Gasteiger partial charge in [0.2, 0.25) is 0 Å². The van der Waals surface area contributed by atoms with E-state index in [4.69, 9.17) is 0 Å². The minimum atomic E-state index is -0.308. The number of nitro benzene ring substituents is 1. The molecule has 2 aromatic rings. The van der Waals surface area contributed by atoms with E-state index in [0.29, 0.717) is 0 Å². The number of hydrogen-bond acceptors (Lipinski definition) is 2. The Morgan fingerprint density at radius 1 is 0.667 bits per heavy atom. The van der Waals surface area contributed by atoms with Crippen molar-refractivity contribution >= 4 is 5.69 Å². The van der Waals surface area contributed by atoms with Crippen LogP contribution in [-0.2, 0) is 10.8 Å².